The number of hydrogen-bond donors (Lipinski definition) is 2. The lowest BCUT2D eigenvalue weighted by atomic mass is 10.1. The van der Waals surface area contributed by atoms with Gasteiger partial charge in [0.05, 0.1) is 5.92 Å². The van der Waals surface area contributed by atoms with Crippen molar-refractivity contribution >= 4 is 12.1 Å². The second-order valence-electron chi connectivity index (χ2n) is 4.12. The molecule has 1 unspecified atom stereocenters. The molecule has 1 amide bonds. The summed E-state index contributed by atoms with van der Waals surface area (Å²) < 4.78 is 5.06. The molecule has 0 saturated heterocycles. The first-order valence-corrected chi connectivity index (χ1v) is 4.42. The van der Waals surface area contributed by atoms with Crippen molar-refractivity contribution < 1.29 is 19.4 Å². The molecule has 82 valence electrons. The summed E-state index contributed by atoms with van der Waals surface area (Å²) >= 11 is 0. The lowest BCUT2D eigenvalue weighted by Crippen LogP contribution is -2.34. The molecule has 0 bridgehead atoms. The van der Waals surface area contributed by atoms with E-state index in [9.17, 15) is 9.59 Å². The fourth-order valence-corrected chi connectivity index (χ4v) is 0.726. The summed E-state index contributed by atoms with van der Waals surface area (Å²) in [5.41, 5.74) is -0.533. The normalized spacial score (nSPS) is 13.1. The Bertz CT molecular complexity index is 219. The molecular formula is C9H17NO4. The third kappa shape index (κ3) is 6.28. The molecule has 0 aliphatic carbocycles. The Kier molecular flexibility index (Phi) is 4.40. The van der Waals surface area contributed by atoms with Gasteiger partial charge < -0.3 is 15.2 Å². The topological polar surface area (TPSA) is 75.6 Å². The quantitative estimate of drug-likeness (QED) is 0.676. The van der Waals surface area contributed by atoms with Crippen molar-refractivity contribution in [1.82, 2.24) is 5.32 Å². The molecule has 5 nitrogen and oxygen atoms in total. The van der Waals surface area contributed by atoms with Gasteiger partial charge in [-0.3, -0.25) is 4.79 Å². The molecule has 5 heteroatoms. The minimum atomic E-state index is -1.14. The van der Waals surface area contributed by atoms with E-state index in [0.29, 0.717) is 0 Å². The zero-order chi connectivity index (χ0) is 11.4. The van der Waals surface area contributed by atoms with Crippen molar-refractivity contribution in [3.8, 4) is 0 Å². The van der Waals surface area contributed by atoms with Crippen molar-refractivity contribution in [2.75, 3.05) is 6.54 Å². The number of carboxylic acid groups (broad SMARTS) is 1. The molecule has 1 atom stereocenters. The van der Waals surface area contributed by atoms with E-state index in [-0.39, 0.29) is 6.54 Å². The highest BCUT2D eigenvalue weighted by atomic mass is 16.6. The maximum Gasteiger partial charge on any atom is 0.404 e. The number of ether oxygens (including phenoxy) is 1. The van der Waals surface area contributed by atoms with Gasteiger partial charge in [-0.1, -0.05) is 6.92 Å². The van der Waals surface area contributed by atoms with Crippen molar-refractivity contribution in [2.24, 2.45) is 5.92 Å². The molecule has 0 fully saturated rings. The van der Waals surface area contributed by atoms with E-state index in [2.05, 4.69) is 5.32 Å². The highest BCUT2D eigenvalue weighted by Crippen LogP contribution is 2.10. The second kappa shape index (κ2) is 4.83. The maximum absolute atomic E-state index is 11.3. The van der Waals surface area contributed by atoms with Crippen LogP contribution in [0.3, 0.4) is 0 Å². The predicted octanol–water partition coefficient (Wildman–Crippen LogP) is 1.23. The van der Waals surface area contributed by atoms with Gasteiger partial charge in [0, 0.05) is 6.54 Å². The number of amides is 1. The number of esters is 1. The van der Waals surface area contributed by atoms with Crippen LogP contribution in [0.2, 0.25) is 0 Å². The first-order chi connectivity index (χ1) is 6.22. The van der Waals surface area contributed by atoms with Crippen LogP contribution < -0.4 is 5.32 Å². The molecule has 0 aromatic heterocycles. The van der Waals surface area contributed by atoms with Crippen LogP contribution >= 0.6 is 0 Å². The van der Waals surface area contributed by atoms with E-state index < -0.39 is 23.6 Å². The van der Waals surface area contributed by atoms with E-state index >= 15 is 0 Å². The van der Waals surface area contributed by atoms with Crippen LogP contribution in [-0.4, -0.2) is 29.3 Å². The molecule has 0 aromatic carbocycles. The van der Waals surface area contributed by atoms with E-state index in [1.807, 2.05) is 0 Å². The Morgan fingerprint density at radius 2 is 1.93 bits per heavy atom. The van der Waals surface area contributed by atoms with Crippen LogP contribution in [0.4, 0.5) is 4.79 Å². The molecule has 2 N–H and O–H groups in total. The van der Waals surface area contributed by atoms with Crippen molar-refractivity contribution in [1.29, 1.82) is 0 Å². The Labute approximate surface area is 83.4 Å². The first kappa shape index (κ1) is 12.7. The minimum absolute atomic E-state index is 0.0737. The molecule has 0 heterocycles. The molecular weight excluding hydrogens is 186 g/mol. The standard InChI is InChI=1S/C9H17NO4/c1-6(5-10-8(12)13)7(11)14-9(2,3)4/h6,10H,5H2,1-4H3,(H,12,13). The van der Waals surface area contributed by atoms with Gasteiger partial charge in [0.1, 0.15) is 5.60 Å². The monoisotopic (exact) mass is 203 g/mol. The Morgan fingerprint density at radius 3 is 2.29 bits per heavy atom. The number of carbonyl (C=O) groups excluding carboxylic acids is 1. The zero-order valence-corrected chi connectivity index (χ0v) is 8.96. The fourth-order valence-electron chi connectivity index (χ4n) is 0.726. The molecule has 0 aliphatic heterocycles. The lowest BCUT2D eigenvalue weighted by Gasteiger charge is -2.22. The molecule has 0 spiro atoms. The van der Waals surface area contributed by atoms with Crippen LogP contribution in [-0.2, 0) is 9.53 Å². The van der Waals surface area contributed by atoms with E-state index in [0.717, 1.165) is 0 Å². The number of carbonyl (C=O) groups is 2. The highest BCUT2D eigenvalue weighted by Gasteiger charge is 2.21. The largest absolute Gasteiger partial charge is 0.465 e. The summed E-state index contributed by atoms with van der Waals surface area (Å²) in [6, 6.07) is 0. The minimum Gasteiger partial charge on any atom is -0.465 e. The third-order valence-corrected chi connectivity index (χ3v) is 1.37. The number of rotatable bonds is 3. The Morgan fingerprint density at radius 1 is 1.43 bits per heavy atom. The smallest absolute Gasteiger partial charge is 0.404 e. The van der Waals surface area contributed by atoms with Crippen molar-refractivity contribution in [2.45, 2.75) is 33.3 Å². The van der Waals surface area contributed by atoms with Gasteiger partial charge in [-0.05, 0) is 20.8 Å². The summed E-state index contributed by atoms with van der Waals surface area (Å²) in [7, 11) is 0. The van der Waals surface area contributed by atoms with Gasteiger partial charge in [-0.25, -0.2) is 4.79 Å². The molecule has 0 radical (unpaired) electrons. The van der Waals surface area contributed by atoms with Crippen LogP contribution in [0.1, 0.15) is 27.7 Å². The summed E-state index contributed by atoms with van der Waals surface area (Å²) in [4.78, 5) is 21.5. The Balaban J connectivity index is 3.94. The van der Waals surface area contributed by atoms with E-state index in [4.69, 9.17) is 9.84 Å². The van der Waals surface area contributed by atoms with Gasteiger partial charge in [-0.15, -0.1) is 0 Å². The van der Waals surface area contributed by atoms with Gasteiger partial charge in [0.2, 0.25) is 0 Å². The average molecular weight is 203 g/mol. The van der Waals surface area contributed by atoms with Crippen LogP contribution in [0, 0.1) is 5.92 Å². The molecule has 0 aromatic rings. The van der Waals surface area contributed by atoms with Gasteiger partial charge in [0.15, 0.2) is 0 Å². The molecule has 14 heavy (non-hydrogen) atoms. The van der Waals surface area contributed by atoms with Gasteiger partial charge in [0.25, 0.3) is 0 Å². The summed E-state index contributed by atoms with van der Waals surface area (Å²) in [5, 5.41) is 10.4. The van der Waals surface area contributed by atoms with Crippen LogP contribution in [0.25, 0.3) is 0 Å². The zero-order valence-electron chi connectivity index (χ0n) is 8.96. The van der Waals surface area contributed by atoms with Crippen molar-refractivity contribution in [3.05, 3.63) is 0 Å². The Hall–Kier alpha value is -1.26. The summed E-state index contributed by atoms with van der Waals surface area (Å²) in [6.45, 7) is 6.99. The van der Waals surface area contributed by atoms with Crippen LogP contribution in [0.5, 0.6) is 0 Å². The van der Waals surface area contributed by atoms with Gasteiger partial charge in [-0.2, -0.15) is 0 Å². The van der Waals surface area contributed by atoms with Crippen LogP contribution in [0.15, 0.2) is 0 Å². The summed E-state index contributed by atoms with van der Waals surface area (Å²) in [6.07, 6.45) is -1.14. The second-order valence-corrected chi connectivity index (χ2v) is 4.12. The molecule has 0 rings (SSSR count). The SMILES string of the molecule is CC(CNC(=O)O)C(=O)OC(C)(C)C. The van der Waals surface area contributed by atoms with E-state index in [1.54, 1.807) is 27.7 Å². The van der Waals surface area contributed by atoms with E-state index in [1.165, 1.54) is 0 Å². The number of nitrogens with one attached hydrogen (secondary N) is 1. The summed E-state index contributed by atoms with van der Waals surface area (Å²) in [5.74, 6) is -0.864. The first-order valence-electron chi connectivity index (χ1n) is 4.42. The maximum atomic E-state index is 11.3. The van der Waals surface area contributed by atoms with Gasteiger partial charge >= 0.3 is 12.1 Å². The fraction of sp³-hybridized carbons (Fsp3) is 0.778. The third-order valence-electron chi connectivity index (χ3n) is 1.37. The highest BCUT2D eigenvalue weighted by molar-refractivity contribution is 5.73. The predicted molar refractivity (Wildman–Crippen MR) is 51.0 cm³/mol. The van der Waals surface area contributed by atoms with Crippen molar-refractivity contribution in [3.63, 3.8) is 0 Å². The lowest BCUT2D eigenvalue weighted by molar-refractivity contribution is -0.159. The average Bonchev–Trinajstić information content (AvgIpc) is 1.96. The molecule has 0 aliphatic rings. The number of hydrogen-bond acceptors (Lipinski definition) is 3. The molecule has 0 saturated carbocycles.